The zero-order chi connectivity index (χ0) is 22.1. The quantitative estimate of drug-likeness (QED) is 0.476. The number of carbonyl (C=O) groups is 1. The van der Waals surface area contributed by atoms with E-state index in [1.54, 1.807) is 14.0 Å². The second-order valence-corrected chi connectivity index (χ2v) is 6.32. The third-order valence-corrected chi connectivity index (χ3v) is 4.24. The van der Waals surface area contributed by atoms with Gasteiger partial charge in [-0.3, -0.25) is 19.6 Å². The number of nitro benzene ring substituents is 1. The summed E-state index contributed by atoms with van der Waals surface area (Å²) in [4.78, 5) is 23.0. The third kappa shape index (κ3) is 4.57. The van der Waals surface area contributed by atoms with E-state index in [9.17, 15) is 28.1 Å². The fourth-order valence-corrected chi connectivity index (χ4v) is 2.61. The van der Waals surface area contributed by atoms with Crippen molar-refractivity contribution in [3.8, 4) is 11.5 Å². The fourth-order valence-electron chi connectivity index (χ4n) is 2.61. The van der Waals surface area contributed by atoms with Gasteiger partial charge < -0.3 is 10.1 Å². The van der Waals surface area contributed by atoms with Crippen LogP contribution < -0.4 is 10.1 Å². The molecule has 11 heteroatoms. The van der Waals surface area contributed by atoms with Crippen LogP contribution in [-0.2, 0) is 13.2 Å². The summed E-state index contributed by atoms with van der Waals surface area (Å²) in [5, 5.41) is 17.7. The Labute approximate surface area is 168 Å². The number of nitrogens with zero attached hydrogens (tertiary/aromatic N) is 3. The van der Waals surface area contributed by atoms with Crippen LogP contribution in [0.4, 0.5) is 24.5 Å². The Morgan fingerprint density at radius 3 is 2.53 bits per heavy atom. The highest BCUT2D eigenvalue weighted by molar-refractivity contribution is 6.05. The topological polar surface area (TPSA) is 99.3 Å². The maximum Gasteiger partial charge on any atom is 0.416 e. The number of nitro groups is 1. The van der Waals surface area contributed by atoms with Crippen molar-refractivity contribution in [1.29, 1.82) is 0 Å². The summed E-state index contributed by atoms with van der Waals surface area (Å²) in [7, 11) is 1.65. The highest BCUT2D eigenvalue weighted by Gasteiger charge is 2.30. The molecule has 3 rings (SSSR count). The highest BCUT2D eigenvalue weighted by atomic mass is 19.4. The molecule has 3 aromatic rings. The molecule has 1 heterocycles. The fraction of sp³-hybridized carbons (Fsp3) is 0.158. The van der Waals surface area contributed by atoms with E-state index >= 15 is 0 Å². The Kier molecular flexibility index (Phi) is 5.45. The van der Waals surface area contributed by atoms with Gasteiger partial charge in [0.2, 0.25) is 0 Å². The van der Waals surface area contributed by atoms with Gasteiger partial charge in [0.25, 0.3) is 11.6 Å². The number of hydrogen-bond acceptors (Lipinski definition) is 5. The van der Waals surface area contributed by atoms with Gasteiger partial charge in [0.05, 0.1) is 34.0 Å². The van der Waals surface area contributed by atoms with E-state index in [0.717, 1.165) is 30.3 Å². The number of amides is 1. The lowest BCUT2D eigenvalue weighted by Crippen LogP contribution is -2.13. The summed E-state index contributed by atoms with van der Waals surface area (Å²) in [5.41, 5.74) is -0.439. The number of nitrogens with one attached hydrogen (secondary N) is 1. The monoisotopic (exact) mass is 420 g/mol. The highest BCUT2D eigenvalue weighted by Crippen LogP contribution is 2.34. The Morgan fingerprint density at radius 1 is 1.20 bits per heavy atom. The molecule has 0 unspecified atom stereocenters. The Morgan fingerprint density at radius 2 is 1.93 bits per heavy atom. The van der Waals surface area contributed by atoms with Crippen LogP contribution in [0.3, 0.4) is 0 Å². The van der Waals surface area contributed by atoms with Crippen molar-refractivity contribution < 1.29 is 27.6 Å². The van der Waals surface area contributed by atoms with Crippen molar-refractivity contribution in [1.82, 2.24) is 9.78 Å². The molecule has 0 aliphatic heterocycles. The van der Waals surface area contributed by atoms with E-state index in [1.165, 1.54) is 23.0 Å². The number of rotatable bonds is 5. The summed E-state index contributed by atoms with van der Waals surface area (Å²) >= 11 is 0. The molecule has 156 valence electrons. The summed E-state index contributed by atoms with van der Waals surface area (Å²) < 4.78 is 45.5. The van der Waals surface area contributed by atoms with Crippen LogP contribution in [0.1, 0.15) is 21.6 Å². The molecule has 0 aliphatic carbocycles. The first-order chi connectivity index (χ1) is 14.0. The molecule has 1 aromatic heterocycles. The smallest absolute Gasteiger partial charge is 0.416 e. The van der Waals surface area contributed by atoms with Gasteiger partial charge in [0.15, 0.2) is 0 Å². The molecule has 8 nitrogen and oxygen atoms in total. The number of non-ortho nitro benzene ring substituents is 1. The average molecular weight is 420 g/mol. The lowest BCUT2D eigenvalue weighted by molar-refractivity contribution is -0.384. The number of alkyl halides is 3. The number of ether oxygens (including phenoxy) is 1. The van der Waals surface area contributed by atoms with Crippen molar-refractivity contribution in [2.24, 2.45) is 7.05 Å². The van der Waals surface area contributed by atoms with Crippen LogP contribution in [-0.4, -0.2) is 20.6 Å². The van der Waals surface area contributed by atoms with Gasteiger partial charge in [-0.25, -0.2) is 0 Å². The Hall–Kier alpha value is -3.89. The molecule has 0 spiro atoms. The van der Waals surface area contributed by atoms with E-state index in [4.69, 9.17) is 4.74 Å². The molecule has 0 fully saturated rings. The number of anilines is 1. The predicted molar refractivity (Wildman–Crippen MR) is 101 cm³/mol. The SMILES string of the molecule is Cc1c(C(=O)Nc2cc(Oc3cccc(C(F)(F)F)c3)cc([N+](=O)[O-])c2)cnn1C. The molecule has 2 aromatic carbocycles. The maximum atomic E-state index is 12.9. The number of aromatic nitrogens is 2. The van der Waals surface area contributed by atoms with Crippen LogP contribution in [0.25, 0.3) is 0 Å². The van der Waals surface area contributed by atoms with Crippen molar-refractivity contribution in [3.05, 3.63) is 75.6 Å². The molecule has 1 N–H and O–H groups in total. The number of carbonyl (C=O) groups excluding carboxylic acids is 1. The molecule has 30 heavy (non-hydrogen) atoms. The van der Waals surface area contributed by atoms with E-state index in [1.807, 2.05) is 0 Å². The molecule has 0 atom stereocenters. The Bertz CT molecular complexity index is 1130. The van der Waals surface area contributed by atoms with Gasteiger partial charge in [-0.15, -0.1) is 0 Å². The van der Waals surface area contributed by atoms with Crippen LogP contribution in [0.15, 0.2) is 48.7 Å². The van der Waals surface area contributed by atoms with Crippen molar-refractivity contribution in [2.45, 2.75) is 13.1 Å². The summed E-state index contributed by atoms with van der Waals surface area (Å²) in [5.74, 6) is -0.821. The zero-order valence-corrected chi connectivity index (χ0v) is 15.7. The van der Waals surface area contributed by atoms with Gasteiger partial charge in [0, 0.05) is 24.9 Å². The molecule has 0 saturated carbocycles. The van der Waals surface area contributed by atoms with Gasteiger partial charge in [-0.05, 0) is 25.1 Å². The number of hydrogen-bond donors (Lipinski definition) is 1. The Balaban J connectivity index is 1.91. The molecule has 0 radical (unpaired) electrons. The first kappa shape index (κ1) is 20.8. The maximum absolute atomic E-state index is 12.9. The van der Waals surface area contributed by atoms with Gasteiger partial charge >= 0.3 is 6.18 Å². The lowest BCUT2D eigenvalue weighted by Gasteiger charge is -2.11. The van der Waals surface area contributed by atoms with Crippen molar-refractivity contribution in [3.63, 3.8) is 0 Å². The first-order valence-electron chi connectivity index (χ1n) is 8.49. The third-order valence-electron chi connectivity index (χ3n) is 4.24. The van der Waals surface area contributed by atoms with E-state index < -0.39 is 28.3 Å². The molecular weight excluding hydrogens is 405 g/mol. The largest absolute Gasteiger partial charge is 0.457 e. The minimum Gasteiger partial charge on any atom is -0.457 e. The minimum absolute atomic E-state index is 0.0411. The van der Waals surface area contributed by atoms with Gasteiger partial charge in [0.1, 0.15) is 11.5 Å². The predicted octanol–water partition coefficient (Wildman–Crippen LogP) is 4.70. The van der Waals surface area contributed by atoms with Crippen LogP contribution in [0.5, 0.6) is 11.5 Å². The first-order valence-corrected chi connectivity index (χ1v) is 8.49. The number of aryl methyl sites for hydroxylation is 1. The van der Waals surface area contributed by atoms with E-state index in [2.05, 4.69) is 10.4 Å². The molecule has 0 bridgehead atoms. The van der Waals surface area contributed by atoms with Crippen molar-refractivity contribution >= 4 is 17.3 Å². The molecular formula is C19H15F3N4O4. The van der Waals surface area contributed by atoms with Gasteiger partial charge in [-0.1, -0.05) is 6.07 Å². The summed E-state index contributed by atoms with van der Waals surface area (Å²) in [6, 6.07) is 7.53. The van der Waals surface area contributed by atoms with Crippen LogP contribution in [0.2, 0.25) is 0 Å². The average Bonchev–Trinajstić information content (AvgIpc) is 3.00. The standard InChI is InChI=1S/C19H15F3N4O4/c1-11-17(10-23-25(11)2)18(27)24-13-7-14(26(28)29)9-16(8-13)30-15-5-3-4-12(6-15)19(20,21)22/h3-10H,1-2H3,(H,24,27). The van der Waals surface area contributed by atoms with Gasteiger partial charge in [-0.2, -0.15) is 18.3 Å². The molecule has 0 saturated heterocycles. The van der Waals surface area contributed by atoms with E-state index in [0.29, 0.717) is 5.69 Å². The minimum atomic E-state index is -4.57. The molecule has 0 aliphatic rings. The lowest BCUT2D eigenvalue weighted by atomic mass is 10.2. The number of benzene rings is 2. The van der Waals surface area contributed by atoms with Crippen molar-refractivity contribution in [2.75, 3.05) is 5.32 Å². The number of halogens is 3. The normalized spacial score (nSPS) is 11.2. The molecule has 1 amide bonds. The summed E-state index contributed by atoms with van der Waals surface area (Å²) in [6.07, 6.45) is -3.22. The van der Waals surface area contributed by atoms with Crippen LogP contribution >= 0.6 is 0 Å². The van der Waals surface area contributed by atoms with Crippen LogP contribution in [0, 0.1) is 17.0 Å². The summed E-state index contributed by atoms with van der Waals surface area (Å²) in [6.45, 7) is 1.68. The van der Waals surface area contributed by atoms with E-state index in [-0.39, 0.29) is 22.7 Å². The second-order valence-electron chi connectivity index (χ2n) is 6.32. The zero-order valence-electron chi connectivity index (χ0n) is 15.7. The second kappa shape index (κ2) is 7.85.